The second kappa shape index (κ2) is 8.89. The molecule has 0 spiro atoms. The lowest BCUT2D eigenvalue weighted by Gasteiger charge is -1.55. The third-order valence-electron chi connectivity index (χ3n) is 0. The molecule has 0 aliphatic carbocycles. The van der Waals surface area contributed by atoms with Crippen LogP contribution in [-0.2, 0) is 4.79 Å². The molecule has 0 saturated carbocycles. The molecule has 0 saturated heterocycles. The van der Waals surface area contributed by atoms with Crippen molar-refractivity contribution in [3.8, 4) is 0 Å². The third-order valence-corrected chi connectivity index (χ3v) is 0. The normalized spacial score (nSPS) is 5.33. The number of thiol groups is 1. The van der Waals surface area contributed by atoms with Crippen LogP contribution in [0.2, 0.25) is 0 Å². The molecule has 1 nitrogen and oxygen atoms in total. The third kappa shape index (κ3) is 91700. The predicted octanol–water partition coefficient (Wildman–Crippen LogP) is 1.49. The molecule has 0 bridgehead atoms. The van der Waals surface area contributed by atoms with Crippen LogP contribution in [0.15, 0.2) is 0 Å². The molecular formula is C4H10OS. The van der Waals surface area contributed by atoms with Gasteiger partial charge in [0.25, 0.3) is 0 Å². The van der Waals surface area contributed by atoms with Crippen molar-refractivity contribution in [3.05, 3.63) is 0 Å². The summed E-state index contributed by atoms with van der Waals surface area (Å²) in [6.07, 6.45) is 0. The van der Waals surface area contributed by atoms with Gasteiger partial charge in [-0.1, -0.05) is 13.8 Å². The Morgan fingerprint density at radius 3 is 1.50 bits per heavy atom. The fourth-order valence-electron chi connectivity index (χ4n) is 0. The van der Waals surface area contributed by atoms with E-state index in [9.17, 15) is 4.79 Å². The van der Waals surface area contributed by atoms with Crippen molar-refractivity contribution in [2.45, 2.75) is 20.8 Å². The summed E-state index contributed by atoms with van der Waals surface area (Å²) >= 11 is 3.33. The van der Waals surface area contributed by atoms with E-state index in [2.05, 4.69) is 12.6 Å². The molecule has 0 radical (unpaired) electrons. The molecular weight excluding hydrogens is 96.1 g/mol. The minimum Gasteiger partial charge on any atom is -0.288 e. The zero-order valence-corrected chi connectivity index (χ0v) is 5.25. The van der Waals surface area contributed by atoms with Gasteiger partial charge in [0, 0.05) is 6.92 Å². The molecule has 0 amide bonds. The van der Waals surface area contributed by atoms with Gasteiger partial charge in [-0.15, -0.1) is 12.6 Å². The zero-order chi connectivity index (χ0) is 5.58. The van der Waals surface area contributed by atoms with Crippen molar-refractivity contribution in [2.75, 3.05) is 0 Å². The first-order valence-corrected chi connectivity index (χ1v) is 2.37. The molecule has 0 aromatic rings. The van der Waals surface area contributed by atoms with Gasteiger partial charge >= 0.3 is 0 Å². The van der Waals surface area contributed by atoms with E-state index in [1.54, 1.807) is 0 Å². The van der Waals surface area contributed by atoms with Crippen LogP contribution >= 0.6 is 12.6 Å². The van der Waals surface area contributed by atoms with Gasteiger partial charge in [-0.05, 0) is 0 Å². The summed E-state index contributed by atoms with van der Waals surface area (Å²) in [6, 6.07) is 0. The topological polar surface area (TPSA) is 17.1 Å². The molecule has 0 aliphatic rings. The smallest absolute Gasteiger partial charge is 0.182 e. The van der Waals surface area contributed by atoms with Crippen molar-refractivity contribution < 1.29 is 4.79 Å². The Bertz CT molecular complexity index is 30.5. The van der Waals surface area contributed by atoms with Crippen LogP contribution in [0.5, 0.6) is 0 Å². The fourth-order valence-corrected chi connectivity index (χ4v) is 0. The molecule has 0 aliphatic heterocycles. The van der Waals surface area contributed by atoms with Gasteiger partial charge in [0.2, 0.25) is 0 Å². The van der Waals surface area contributed by atoms with Crippen LogP contribution in [0, 0.1) is 0 Å². The number of hydrogen-bond acceptors (Lipinski definition) is 1. The largest absolute Gasteiger partial charge is 0.288 e. The molecule has 6 heavy (non-hydrogen) atoms. The first kappa shape index (κ1) is 9.39. The Balaban J connectivity index is 0. The van der Waals surface area contributed by atoms with Crippen molar-refractivity contribution in [1.82, 2.24) is 0 Å². The number of carbonyl (C=O) groups is 1. The number of carbonyl (C=O) groups excluding carboxylic acids is 1. The lowest BCUT2D eigenvalue weighted by atomic mass is 10.9. The first-order valence-electron chi connectivity index (χ1n) is 1.93. The van der Waals surface area contributed by atoms with Gasteiger partial charge in [-0.25, -0.2) is 0 Å². The summed E-state index contributed by atoms with van der Waals surface area (Å²) in [6.45, 7) is 5.39. The molecule has 0 rings (SSSR count). The molecule has 0 fully saturated rings. The van der Waals surface area contributed by atoms with E-state index in [4.69, 9.17) is 0 Å². The molecule has 0 atom stereocenters. The Morgan fingerprint density at radius 1 is 1.50 bits per heavy atom. The Hall–Kier alpha value is 0.0200. The molecule has 0 aromatic carbocycles. The summed E-state index contributed by atoms with van der Waals surface area (Å²) in [5.74, 6) is 0. The Kier molecular flexibility index (Phi) is 13.9. The van der Waals surface area contributed by atoms with Crippen LogP contribution in [-0.4, -0.2) is 5.12 Å². The van der Waals surface area contributed by atoms with Gasteiger partial charge in [0.1, 0.15) is 0 Å². The highest BCUT2D eigenvalue weighted by Gasteiger charge is 1.63. The summed E-state index contributed by atoms with van der Waals surface area (Å²) in [7, 11) is 0. The van der Waals surface area contributed by atoms with Gasteiger partial charge < -0.3 is 0 Å². The van der Waals surface area contributed by atoms with Crippen molar-refractivity contribution in [2.24, 2.45) is 0 Å². The highest BCUT2D eigenvalue weighted by molar-refractivity contribution is 7.96. The average molecular weight is 106 g/mol. The molecule has 2 heteroatoms. The van der Waals surface area contributed by atoms with E-state index in [1.165, 1.54) is 6.92 Å². The monoisotopic (exact) mass is 106 g/mol. The summed E-state index contributed by atoms with van der Waals surface area (Å²) < 4.78 is 0. The van der Waals surface area contributed by atoms with E-state index < -0.39 is 0 Å². The average Bonchev–Trinajstić information content (AvgIpc) is 1.41. The van der Waals surface area contributed by atoms with E-state index in [0.29, 0.717) is 0 Å². The standard InChI is InChI=1S/C2H4OS.C2H6/c1-2(3)4;1-2/h1H3,(H,3,4);1-2H3. The van der Waals surface area contributed by atoms with Crippen LogP contribution in [0.1, 0.15) is 20.8 Å². The van der Waals surface area contributed by atoms with E-state index in [-0.39, 0.29) is 5.12 Å². The summed E-state index contributed by atoms with van der Waals surface area (Å²) in [5.41, 5.74) is 0. The van der Waals surface area contributed by atoms with Crippen LogP contribution in [0.4, 0.5) is 0 Å². The maximum atomic E-state index is 9.31. The predicted molar refractivity (Wildman–Crippen MR) is 31.0 cm³/mol. The maximum absolute atomic E-state index is 9.31. The lowest BCUT2D eigenvalue weighted by molar-refractivity contribution is -0.108. The van der Waals surface area contributed by atoms with E-state index in [1.807, 2.05) is 13.8 Å². The second-order valence-corrected chi connectivity index (χ2v) is 1.15. The quantitative estimate of drug-likeness (QED) is 0.463. The molecule has 0 heterocycles. The minimum absolute atomic E-state index is 0.139. The molecule has 38 valence electrons. The van der Waals surface area contributed by atoms with Crippen molar-refractivity contribution >= 4 is 17.7 Å². The highest BCUT2D eigenvalue weighted by atomic mass is 32.1. The SMILES string of the molecule is CC.CC(=O)S. The second-order valence-electron chi connectivity index (χ2n) is 0.519. The molecule has 0 unspecified atom stereocenters. The van der Waals surface area contributed by atoms with Gasteiger partial charge in [-0.3, -0.25) is 4.79 Å². The maximum Gasteiger partial charge on any atom is 0.182 e. The minimum atomic E-state index is -0.139. The van der Waals surface area contributed by atoms with Crippen molar-refractivity contribution in [1.29, 1.82) is 0 Å². The number of rotatable bonds is 0. The first-order chi connectivity index (χ1) is 2.73. The number of hydrogen-bond donors (Lipinski definition) is 1. The molecule has 0 aromatic heterocycles. The van der Waals surface area contributed by atoms with E-state index in [0.717, 1.165) is 0 Å². The van der Waals surface area contributed by atoms with Gasteiger partial charge in [-0.2, -0.15) is 0 Å². The van der Waals surface area contributed by atoms with Crippen LogP contribution in [0.25, 0.3) is 0 Å². The fraction of sp³-hybridized carbons (Fsp3) is 0.750. The van der Waals surface area contributed by atoms with Gasteiger partial charge in [0.05, 0.1) is 0 Å². The summed E-state index contributed by atoms with van der Waals surface area (Å²) in [5, 5.41) is -0.139. The molecule has 0 N–H and O–H groups in total. The van der Waals surface area contributed by atoms with E-state index >= 15 is 0 Å². The highest BCUT2D eigenvalue weighted by Crippen LogP contribution is 1.66. The Labute approximate surface area is 44.2 Å². The lowest BCUT2D eigenvalue weighted by Crippen LogP contribution is -1.62. The van der Waals surface area contributed by atoms with Gasteiger partial charge in [0.15, 0.2) is 5.12 Å². The zero-order valence-electron chi connectivity index (χ0n) is 4.36. The summed E-state index contributed by atoms with van der Waals surface area (Å²) in [4.78, 5) is 9.31. The Morgan fingerprint density at radius 2 is 1.50 bits per heavy atom. The van der Waals surface area contributed by atoms with Crippen molar-refractivity contribution in [3.63, 3.8) is 0 Å². The van der Waals surface area contributed by atoms with Crippen LogP contribution < -0.4 is 0 Å². The van der Waals surface area contributed by atoms with Crippen LogP contribution in [0.3, 0.4) is 0 Å².